The first-order valence-corrected chi connectivity index (χ1v) is 16.9. The highest BCUT2D eigenvalue weighted by Crippen LogP contribution is 2.52. The van der Waals surface area contributed by atoms with Crippen molar-refractivity contribution in [1.82, 2.24) is 9.80 Å². The van der Waals surface area contributed by atoms with Gasteiger partial charge in [-0.15, -0.1) is 35.3 Å². The Hall–Kier alpha value is -2.38. The van der Waals surface area contributed by atoms with E-state index in [0.29, 0.717) is 25.3 Å². The molecule has 0 bridgehead atoms. The van der Waals surface area contributed by atoms with Gasteiger partial charge in [0, 0.05) is 56.5 Å². The quantitative estimate of drug-likeness (QED) is 0.134. The molecule has 4 rings (SSSR count). The number of likely N-dealkylation sites (tertiary alicyclic amines) is 1. The number of nitrogens with zero attached hydrogens (tertiary/aromatic N) is 2. The fourth-order valence-electron chi connectivity index (χ4n) is 5.61. The van der Waals surface area contributed by atoms with Crippen LogP contribution >= 0.6 is 35.3 Å². The lowest BCUT2D eigenvalue weighted by Gasteiger charge is -2.46. The Bertz CT molecular complexity index is 1210. The first kappa shape index (κ1) is 32.5. The van der Waals surface area contributed by atoms with E-state index in [2.05, 4.69) is 37.4 Å². The van der Waals surface area contributed by atoms with Crippen LogP contribution in [0.15, 0.2) is 70.0 Å². The molecule has 9 nitrogen and oxygen atoms in total. The van der Waals surface area contributed by atoms with Crippen LogP contribution in [-0.4, -0.2) is 94.1 Å². The van der Waals surface area contributed by atoms with Crippen molar-refractivity contribution < 1.29 is 29.0 Å². The van der Waals surface area contributed by atoms with E-state index in [9.17, 15) is 19.5 Å². The summed E-state index contributed by atoms with van der Waals surface area (Å²) >= 11 is 4.92. The van der Waals surface area contributed by atoms with Crippen LogP contribution in [0.4, 0.5) is 4.79 Å². The summed E-state index contributed by atoms with van der Waals surface area (Å²) in [5.74, 6) is -0.0436. The lowest BCUT2D eigenvalue weighted by molar-refractivity contribution is -0.164. The number of benzene rings is 1. The first-order valence-electron chi connectivity index (χ1n) is 14.0. The summed E-state index contributed by atoms with van der Waals surface area (Å²) in [6.07, 6.45) is 2.49. The van der Waals surface area contributed by atoms with Crippen molar-refractivity contribution in [3.05, 3.63) is 60.2 Å². The van der Waals surface area contributed by atoms with Crippen molar-refractivity contribution >= 4 is 53.3 Å². The van der Waals surface area contributed by atoms with E-state index in [1.165, 1.54) is 27.6 Å². The molecule has 0 aromatic heterocycles. The van der Waals surface area contributed by atoms with Crippen LogP contribution in [0.5, 0.6) is 0 Å². The maximum Gasteiger partial charge on any atom is 0.410 e. The van der Waals surface area contributed by atoms with Crippen molar-refractivity contribution in [2.24, 2.45) is 17.6 Å². The van der Waals surface area contributed by atoms with Crippen molar-refractivity contribution in [3.63, 3.8) is 0 Å². The third-order valence-electron chi connectivity index (χ3n) is 7.52. The Morgan fingerprint density at radius 1 is 1.14 bits per heavy atom. The third kappa shape index (κ3) is 7.05. The van der Waals surface area contributed by atoms with Gasteiger partial charge in [0.2, 0.25) is 5.91 Å². The van der Waals surface area contributed by atoms with E-state index in [-0.39, 0.29) is 48.1 Å². The molecule has 12 heteroatoms. The fourth-order valence-corrected chi connectivity index (χ4v) is 8.88. The summed E-state index contributed by atoms with van der Waals surface area (Å²) in [6.45, 7) is 12.0. The summed E-state index contributed by atoms with van der Waals surface area (Å²) in [4.78, 5) is 45.4. The van der Waals surface area contributed by atoms with Gasteiger partial charge in [-0.1, -0.05) is 32.2 Å². The Labute approximate surface area is 260 Å². The van der Waals surface area contributed by atoms with Crippen molar-refractivity contribution in [2.45, 2.75) is 53.5 Å². The van der Waals surface area contributed by atoms with Crippen LogP contribution in [0, 0.1) is 11.8 Å². The molecule has 0 radical (unpaired) electrons. The number of β-lactam (4-membered cyclic amide) rings is 1. The lowest BCUT2D eigenvalue weighted by atomic mass is 9.79. The van der Waals surface area contributed by atoms with Crippen molar-refractivity contribution in [2.75, 3.05) is 37.8 Å². The number of amides is 2. The topological polar surface area (TPSA) is 122 Å². The number of thioether (sulfide) groups is 3. The van der Waals surface area contributed by atoms with E-state index in [1.807, 2.05) is 6.92 Å². The normalized spacial score (nSPS) is 25.6. The highest BCUT2D eigenvalue weighted by atomic mass is 32.2. The number of aliphatic hydroxyl groups is 1. The molecule has 0 spiro atoms. The second kappa shape index (κ2) is 14.9. The Morgan fingerprint density at radius 2 is 1.79 bits per heavy atom. The zero-order valence-electron chi connectivity index (χ0n) is 24.0. The standard InChI is InChI=1S/C30H39N3O6S3/c1-5-12-38-29(36)26-27(18(3)25-24(19(4)34)28(35)33(25)26)42-23-15-20(32(16-23)30(37)39-13-6-2)17-41-22-9-7-21(8-10-22)40-14-11-31/h5-10,18-20,23-25,34H,1-2,11-17,31H2,3-4H3/t18-,19-,20+,23+,24-,25-/m1/s1. The SMILES string of the molecule is C=CCOC(=O)C1=C(S[C@H]2C[C@@H](CSc3ccc(SCCN)cc3)N(C(=O)OCC=C)C2)[C@H](C)[C@@H]2[C@@H]([C@@H](C)O)C(=O)N12. The molecule has 0 unspecified atom stereocenters. The van der Waals surface area contributed by atoms with Gasteiger partial charge >= 0.3 is 12.1 Å². The van der Waals surface area contributed by atoms with Gasteiger partial charge < -0.3 is 30.1 Å². The van der Waals surface area contributed by atoms with Gasteiger partial charge in [-0.05, 0) is 37.6 Å². The molecular formula is C30H39N3O6S3. The fraction of sp³-hybridized carbons (Fsp3) is 0.500. The van der Waals surface area contributed by atoms with Crippen LogP contribution < -0.4 is 5.73 Å². The highest BCUT2D eigenvalue weighted by molar-refractivity contribution is 8.03. The zero-order chi connectivity index (χ0) is 30.4. The summed E-state index contributed by atoms with van der Waals surface area (Å²) < 4.78 is 10.8. The summed E-state index contributed by atoms with van der Waals surface area (Å²) in [5, 5.41) is 10.2. The van der Waals surface area contributed by atoms with Crippen LogP contribution in [-0.2, 0) is 19.1 Å². The zero-order valence-corrected chi connectivity index (χ0v) is 26.4. The number of hydrogen-bond donors (Lipinski definition) is 2. The van der Waals surface area contributed by atoms with Gasteiger partial charge in [-0.2, -0.15) is 0 Å². The molecule has 1 aromatic carbocycles. The predicted octanol–water partition coefficient (Wildman–Crippen LogP) is 4.13. The minimum absolute atomic E-state index is 0.0273. The number of ether oxygens (including phenoxy) is 2. The number of carbonyl (C=O) groups excluding carboxylic acids is 3. The monoisotopic (exact) mass is 633 g/mol. The van der Waals surface area contributed by atoms with Crippen molar-refractivity contribution in [3.8, 4) is 0 Å². The number of fused-ring (bicyclic) bond motifs is 1. The second-order valence-electron chi connectivity index (χ2n) is 10.4. The molecule has 2 saturated heterocycles. The third-order valence-corrected chi connectivity index (χ3v) is 11.2. The van der Waals surface area contributed by atoms with E-state index in [1.54, 1.807) is 41.4 Å². The number of rotatable bonds is 14. The van der Waals surface area contributed by atoms with E-state index in [0.717, 1.165) is 15.6 Å². The molecule has 3 aliphatic heterocycles. The molecule has 3 heterocycles. The minimum Gasteiger partial charge on any atom is -0.457 e. The maximum atomic E-state index is 13.1. The van der Waals surface area contributed by atoms with Crippen LogP contribution in [0.3, 0.4) is 0 Å². The lowest BCUT2D eigenvalue weighted by Crippen LogP contribution is -2.63. The largest absolute Gasteiger partial charge is 0.457 e. The smallest absolute Gasteiger partial charge is 0.410 e. The van der Waals surface area contributed by atoms with Gasteiger partial charge in [0.25, 0.3) is 0 Å². The average molecular weight is 634 g/mol. The highest BCUT2D eigenvalue weighted by Gasteiger charge is 2.60. The molecule has 3 aliphatic rings. The minimum atomic E-state index is -0.827. The number of hydrogen-bond acceptors (Lipinski definition) is 10. The molecule has 3 N–H and O–H groups in total. The summed E-state index contributed by atoms with van der Waals surface area (Å²) in [5.41, 5.74) is 5.86. The molecule has 0 aliphatic carbocycles. The van der Waals surface area contributed by atoms with Crippen LogP contribution in [0.25, 0.3) is 0 Å². The predicted molar refractivity (Wildman–Crippen MR) is 168 cm³/mol. The Balaban J connectivity index is 1.51. The van der Waals surface area contributed by atoms with E-state index in [4.69, 9.17) is 15.2 Å². The van der Waals surface area contributed by atoms with Crippen LogP contribution in [0.2, 0.25) is 0 Å². The number of esters is 1. The van der Waals surface area contributed by atoms with Gasteiger partial charge in [0.15, 0.2) is 0 Å². The number of nitrogens with two attached hydrogens (primary N) is 1. The van der Waals surface area contributed by atoms with E-state index < -0.39 is 24.1 Å². The van der Waals surface area contributed by atoms with Gasteiger partial charge in [-0.25, -0.2) is 9.59 Å². The van der Waals surface area contributed by atoms with Crippen LogP contribution in [0.1, 0.15) is 20.3 Å². The number of carbonyl (C=O) groups is 3. The molecule has 228 valence electrons. The molecule has 1 aromatic rings. The second-order valence-corrected chi connectivity index (χ2v) is 14.0. The maximum absolute atomic E-state index is 13.1. The molecular weight excluding hydrogens is 595 g/mol. The average Bonchev–Trinajstić information content (AvgIpc) is 3.49. The Kier molecular flexibility index (Phi) is 11.5. The molecule has 2 fully saturated rings. The van der Waals surface area contributed by atoms with Gasteiger partial charge in [0.05, 0.1) is 18.1 Å². The number of aliphatic hydroxyl groups excluding tert-OH is 1. The van der Waals surface area contributed by atoms with Crippen molar-refractivity contribution in [1.29, 1.82) is 0 Å². The Morgan fingerprint density at radius 3 is 2.40 bits per heavy atom. The molecule has 42 heavy (non-hydrogen) atoms. The van der Waals surface area contributed by atoms with E-state index >= 15 is 0 Å². The van der Waals surface area contributed by atoms with Gasteiger partial charge in [-0.3, -0.25) is 4.79 Å². The molecule has 2 amide bonds. The molecule has 0 saturated carbocycles. The summed E-state index contributed by atoms with van der Waals surface area (Å²) in [6, 6.07) is 7.93. The molecule has 6 atom stereocenters. The van der Waals surface area contributed by atoms with Gasteiger partial charge in [0.1, 0.15) is 18.9 Å². The first-order chi connectivity index (χ1) is 20.2. The summed E-state index contributed by atoms with van der Waals surface area (Å²) in [7, 11) is 0.